The average molecular weight is 268 g/mol. The second kappa shape index (κ2) is 5.45. The summed E-state index contributed by atoms with van der Waals surface area (Å²) in [5, 5.41) is 4.21. The van der Waals surface area contributed by atoms with Gasteiger partial charge in [-0.2, -0.15) is 4.98 Å². The van der Waals surface area contributed by atoms with Gasteiger partial charge in [0.1, 0.15) is 6.33 Å². The highest BCUT2D eigenvalue weighted by Gasteiger charge is 2.06. The molecule has 0 fully saturated rings. The molecule has 7 nitrogen and oxygen atoms in total. The summed E-state index contributed by atoms with van der Waals surface area (Å²) in [4.78, 5) is 12.2. The monoisotopic (exact) mass is 268 g/mol. The third kappa shape index (κ3) is 2.62. The number of ether oxygens (including phenoxy) is 1. The minimum Gasteiger partial charge on any atom is -0.402 e. The van der Waals surface area contributed by atoms with Gasteiger partial charge in [-0.1, -0.05) is 18.2 Å². The van der Waals surface area contributed by atoms with E-state index in [2.05, 4.69) is 20.1 Å². The van der Waals surface area contributed by atoms with Crippen molar-refractivity contribution in [3.63, 3.8) is 0 Å². The van der Waals surface area contributed by atoms with Crippen LogP contribution < -0.4 is 10.5 Å². The molecule has 0 unspecified atom stereocenters. The van der Waals surface area contributed by atoms with E-state index in [0.29, 0.717) is 18.1 Å². The Morgan fingerprint density at radius 1 is 1.05 bits per heavy atom. The molecule has 0 aliphatic rings. The lowest BCUT2D eigenvalue weighted by atomic mass is 10.3. The Morgan fingerprint density at radius 3 is 2.60 bits per heavy atom. The summed E-state index contributed by atoms with van der Waals surface area (Å²) >= 11 is 0. The molecule has 0 saturated carbocycles. The van der Waals surface area contributed by atoms with Crippen LogP contribution in [0.1, 0.15) is 5.69 Å². The van der Waals surface area contributed by atoms with Gasteiger partial charge in [0, 0.05) is 6.54 Å². The van der Waals surface area contributed by atoms with Crippen LogP contribution in [0.5, 0.6) is 11.9 Å². The molecule has 1 aromatic carbocycles. The highest BCUT2D eigenvalue weighted by Crippen LogP contribution is 2.14. The minimum absolute atomic E-state index is 0.212. The zero-order valence-corrected chi connectivity index (χ0v) is 10.5. The van der Waals surface area contributed by atoms with Crippen molar-refractivity contribution in [2.75, 3.05) is 0 Å². The Labute approximate surface area is 115 Å². The van der Waals surface area contributed by atoms with Crippen molar-refractivity contribution in [3.8, 4) is 17.6 Å². The number of para-hydroxylation sites is 1. The van der Waals surface area contributed by atoms with Crippen molar-refractivity contribution in [3.05, 3.63) is 54.7 Å². The molecule has 3 rings (SSSR count). The molecule has 0 spiro atoms. The Bertz CT molecular complexity index is 680. The lowest BCUT2D eigenvalue weighted by molar-refractivity contribution is 0.422. The molecule has 100 valence electrons. The Balaban J connectivity index is 1.77. The molecule has 0 saturated heterocycles. The lowest BCUT2D eigenvalue weighted by Crippen LogP contribution is -2.01. The number of rotatable bonds is 4. The van der Waals surface area contributed by atoms with Crippen molar-refractivity contribution in [2.24, 2.45) is 5.73 Å². The van der Waals surface area contributed by atoms with E-state index in [0.717, 1.165) is 5.69 Å². The summed E-state index contributed by atoms with van der Waals surface area (Å²) in [5.41, 5.74) is 7.05. The molecule has 0 amide bonds. The van der Waals surface area contributed by atoms with Crippen LogP contribution in [0.25, 0.3) is 5.69 Å². The van der Waals surface area contributed by atoms with Gasteiger partial charge in [-0.25, -0.2) is 9.67 Å². The van der Waals surface area contributed by atoms with Gasteiger partial charge >= 0.3 is 6.01 Å². The van der Waals surface area contributed by atoms with Crippen molar-refractivity contribution >= 4 is 0 Å². The molecule has 0 atom stereocenters. The summed E-state index contributed by atoms with van der Waals surface area (Å²) < 4.78 is 7.04. The summed E-state index contributed by atoms with van der Waals surface area (Å²) in [5.74, 6) is 0.327. The number of nitrogens with two attached hydrogens (primary N) is 1. The van der Waals surface area contributed by atoms with Gasteiger partial charge < -0.3 is 10.5 Å². The van der Waals surface area contributed by atoms with E-state index in [1.807, 2.05) is 30.3 Å². The zero-order chi connectivity index (χ0) is 13.8. The van der Waals surface area contributed by atoms with E-state index >= 15 is 0 Å². The predicted octanol–water partition coefficient (Wildman–Crippen LogP) is 1.31. The quantitative estimate of drug-likeness (QED) is 0.767. The first-order valence-corrected chi connectivity index (χ1v) is 6.01. The maximum absolute atomic E-state index is 5.45. The predicted molar refractivity (Wildman–Crippen MR) is 71.4 cm³/mol. The minimum atomic E-state index is 0.212. The first-order chi connectivity index (χ1) is 9.85. The van der Waals surface area contributed by atoms with Crippen LogP contribution >= 0.6 is 0 Å². The molecule has 2 N–H and O–H groups in total. The molecule has 0 bridgehead atoms. The lowest BCUT2D eigenvalue weighted by Gasteiger charge is -2.00. The third-order valence-corrected chi connectivity index (χ3v) is 2.58. The second-order valence-corrected chi connectivity index (χ2v) is 3.96. The van der Waals surface area contributed by atoms with Crippen LogP contribution in [0.3, 0.4) is 0 Å². The molecule has 3 aromatic rings. The third-order valence-electron chi connectivity index (χ3n) is 2.58. The Hall–Kier alpha value is -2.80. The fourth-order valence-electron chi connectivity index (χ4n) is 1.59. The van der Waals surface area contributed by atoms with Gasteiger partial charge in [0.25, 0.3) is 0 Å². The van der Waals surface area contributed by atoms with Crippen LogP contribution in [-0.4, -0.2) is 24.7 Å². The average Bonchev–Trinajstić information content (AvgIpc) is 2.97. The largest absolute Gasteiger partial charge is 0.402 e. The SMILES string of the molecule is NCc1cnc(Oc2ncn(-c3ccccc3)n2)cn1. The smallest absolute Gasteiger partial charge is 0.342 e. The fraction of sp³-hybridized carbons (Fsp3) is 0.0769. The zero-order valence-electron chi connectivity index (χ0n) is 10.5. The summed E-state index contributed by atoms with van der Waals surface area (Å²) in [6.45, 7) is 0.341. The molecule has 2 heterocycles. The first kappa shape index (κ1) is 12.2. The molecule has 0 aliphatic carbocycles. The number of hydrogen-bond acceptors (Lipinski definition) is 6. The first-order valence-electron chi connectivity index (χ1n) is 6.01. The fourth-order valence-corrected chi connectivity index (χ4v) is 1.59. The van der Waals surface area contributed by atoms with E-state index in [4.69, 9.17) is 10.5 Å². The molecular formula is C13H12N6O. The van der Waals surface area contributed by atoms with Crippen molar-refractivity contribution < 1.29 is 4.74 Å². The number of hydrogen-bond donors (Lipinski definition) is 1. The topological polar surface area (TPSA) is 91.7 Å². The van der Waals surface area contributed by atoms with Gasteiger partial charge in [0.05, 0.1) is 23.8 Å². The maximum atomic E-state index is 5.45. The normalized spacial score (nSPS) is 10.4. The Kier molecular flexibility index (Phi) is 3.34. The highest BCUT2D eigenvalue weighted by molar-refractivity contribution is 5.29. The van der Waals surface area contributed by atoms with Crippen LogP contribution in [0.4, 0.5) is 0 Å². The van der Waals surface area contributed by atoms with E-state index in [9.17, 15) is 0 Å². The van der Waals surface area contributed by atoms with Crippen molar-refractivity contribution in [2.45, 2.75) is 6.54 Å². The van der Waals surface area contributed by atoms with Crippen LogP contribution in [-0.2, 0) is 6.54 Å². The van der Waals surface area contributed by atoms with Crippen LogP contribution in [0, 0.1) is 0 Å². The van der Waals surface area contributed by atoms with Gasteiger partial charge in [0.15, 0.2) is 0 Å². The van der Waals surface area contributed by atoms with Gasteiger partial charge in [-0.3, -0.25) is 4.98 Å². The van der Waals surface area contributed by atoms with Crippen molar-refractivity contribution in [1.29, 1.82) is 0 Å². The number of aromatic nitrogens is 5. The van der Waals surface area contributed by atoms with E-state index in [1.165, 1.54) is 6.20 Å². The van der Waals surface area contributed by atoms with Crippen LogP contribution in [0.2, 0.25) is 0 Å². The highest BCUT2D eigenvalue weighted by atomic mass is 16.5. The van der Waals surface area contributed by atoms with E-state index in [-0.39, 0.29) is 6.01 Å². The molecule has 7 heteroatoms. The summed E-state index contributed by atoms with van der Waals surface area (Å²) in [7, 11) is 0. The standard InChI is InChI=1S/C13H12N6O/c14-6-10-7-16-12(8-15-10)20-13-17-9-19(18-13)11-4-2-1-3-5-11/h1-5,7-9H,6,14H2. The number of nitrogens with zero attached hydrogens (tertiary/aromatic N) is 5. The van der Waals surface area contributed by atoms with Crippen LogP contribution in [0.15, 0.2) is 49.1 Å². The molecule has 0 aliphatic heterocycles. The molecule has 0 radical (unpaired) electrons. The number of benzene rings is 1. The summed E-state index contributed by atoms with van der Waals surface area (Å²) in [6, 6.07) is 9.85. The van der Waals surface area contributed by atoms with Gasteiger partial charge in [-0.05, 0) is 12.1 Å². The summed E-state index contributed by atoms with van der Waals surface area (Å²) in [6.07, 6.45) is 4.63. The van der Waals surface area contributed by atoms with Crippen molar-refractivity contribution in [1.82, 2.24) is 24.7 Å². The maximum Gasteiger partial charge on any atom is 0.342 e. The second-order valence-electron chi connectivity index (χ2n) is 3.96. The molecular weight excluding hydrogens is 256 g/mol. The van der Waals surface area contributed by atoms with Gasteiger partial charge in [0.2, 0.25) is 5.88 Å². The molecule has 2 aromatic heterocycles. The van der Waals surface area contributed by atoms with E-state index in [1.54, 1.807) is 17.2 Å². The molecule has 20 heavy (non-hydrogen) atoms. The Morgan fingerprint density at radius 2 is 1.90 bits per heavy atom. The van der Waals surface area contributed by atoms with Gasteiger partial charge in [-0.15, -0.1) is 5.10 Å². The van der Waals surface area contributed by atoms with E-state index < -0.39 is 0 Å².